The molecule has 1 rings (SSSR count). The fraction of sp³-hybridized carbons (Fsp3) is 0.467. The number of nitrogens with one attached hydrogen (secondary N) is 1. The largest absolute Gasteiger partial charge is 0.489 e. The highest BCUT2D eigenvalue weighted by atomic mass is 16.5. The average Bonchev–Trinajstić information content (AvgIpc) is 2.28. The van der Waals surface area contributed by atoms with Crippen LogP contribution in [0.1, 0.15) is 24.5 Å². The van der Waals surface area contributed by atoms with Gasteiger partial charge in [-0.2, -0.15) is 0 Å². The number of benzene rings is 1. The van der Waals surface area contributed by atoms with E-state index in [1.54, 1.807) is 0 Å². The molecule has 0 atom stereocenters. The zero-order chi connectivity index (χ0) is 12.7. The van der Waals surface area contributed by atoms with Crippen LogP contribution in [0.3, 0.4) is 0 Å². The summed E-state index contributed by atoms with van der Waals surface area (Å²) in [7, 11) is 0. The lowest BCUT2D eigenvalue weighted by molar-refractivity contribution is 0.346. The van der Waals surface area contributed by atoms with E-state index in [4.69, 9.17) is 4.74 Å². The van der Waals surface area contributed by atoms with Crippen molar-refractivity contribution in [2.24, 2.45) is 0 Å². The molecule has 0 fully saturated rings. The molecule has 0 aromatic heterocycles. The molecule has 0 bridgehead atoms. The van der Waals surface area contributed by atoms with Gasteiger partial charge in [0.1, 0.15) is 12.4 Å². The Labute approximate surface area is 105 Å². The van der Waals surface area contributed by atoms with Gasteiger partial charge in [0.2, 0.25) is 0 Å². The van der Waals surface area contributed by atoms with E-state index in [0.717, 1.165) is 30.8 Å². The van der Waals surface area contributed by atoms with Crippen molar-refractivity contribution in [1.29, 1.82) is 0 Å². The van der Waals surface area contributed by atoms with Crippen LogP contribution in [0, 0.1) is 13.8 Å². The molecule has 2 nitrogen and oxygen atoms in total. The lowest BCUT2D eigenvalue weighted by Gasteiger charge is -2.11. The molecular weight excluding hydrogens is 210 g/mol. The Morgan fingerprint density at radius 3 is 2.76 bits per heavy atom. The van der Waals surface area contributed by atoms with Crippen LogP contribution in [0.5, 0.6) is 5.75 Å². The Bertz CT molecular complexity index is 371. The maximum absolute atomic E-state index is 5.74. The molecule has 0 saturated carbocycles. The maximum Gasteiger partial charge on any atom is 0.122 e. The van der Waals surface area contributed by atoms with E-state index in [0.29, 0.717) is 6.61 Å². The molecule has 0 amide bonds. The van der Waals surface area contributed by atoms with Crippen LogP contribution >= 0.6 is 0 Å². The summed E-state index contributed by atoms with van der Waals surface area (Å²) < 4.78 is 5.74. The zero-order valence-corrected chi connectivity index (χ0v) is 11.2. The second-order valence-corrected chi connectivity index (χ2v) is 4.48. The monoisotopic (exact) mass is 233 g/mol. The third kappa shape index (κ3) is 5.05. The Morgan fingerprint density at radius 2 is 2.12 bits per heavy atom. The van der Waals surface area contributed by atoms with Gasteiger partial charge in [-0.05, 0) is 44.0 Å². The lowest BCUT2D eigenvalue weighted by atomic mass is 10.1. The Balaban J connectivity index is 2.37. The average molecular weight is 233 g/mol. The van der Waals surface area contributed by atoms with Crippen molar-refractivity contribution in [1.82, 2.24) is 5.32 Å². The number of hydrogen-bond donors (Lipinski definition) is 1. The molecule has 1 aromatic rings. The van der Waals surface area contributed by atoms with Crippen LogP contribution in [-0.4, -0.2) is 19.7 Å². The summed E-state index contributed by atoms with van der Waals surface area (Å²) in [5, 5.41) is 3.32. The molecule has 94 valence electrons. The van der Waals surface area contributed by atoms with E-state index in [9.17, 15) is 0 Å². The standard InChI is InChI=1S/C15H23NO/c1-5-8-16-10-13(3)11-17-15-7-6-12(2)9-14(15)4/h6-7,9,16H,3,5,8,10-11H2,1-2,4H3. The highest BCUT2D eigenvalue weighted by molar-refractivity contribution is 5.35. The molecule has 0 aliphatic carbocycles. The molecule has 0 aliphatic heterocycles. The first-order valence-electron chi connectivity index (χ1n) is 6.21. The summed E-state index contributed by atoms with van der Waals surface area (Å²) in [5.41, 5.74) is 3.52. The second-order valence-electron chi connectivity index (χ2n) is 4.48. The van der Waals surface area contributed by atoms with Gasteiger partial charge in [-0.3, -0.25) is 0 Å². The van der Waals surface area contributed by atoms with Gasteiger partial charge < -0.3 is 10.1 Å². The van der Waals surface area contributed by atoms with Crippen LogP contribution in [0.2, 0.25) is 0 Å². The summed E-state index contributed by atoms with van der Waals surface area (Å²) in [6, 6.07) is 6.23. The molecular formula is C15H23NO. The summed E-state index contributed by atoms with van der Waals surface area (Å²) >= 11 is 0. The van der Waals surface area contributed by atoms with E-state index >= 15 is 0 Å². The number of ether oxygens (including phenoxy) is 1. The van der Waals surface area contributed by atoms with Gasteiger partial charge in [-0.25, -0.2) is 0 Å². The predicted octanol–water partition coefficient (Wildman–Crippen LogP) is 3.24. The minimum Gasteiger partial charge on any atom is -0.489 e. The molecule has 1 N–H and O–H groups in total. The highest BCUT2D eigenvalue weighted by Crippen LogP contribution is 2.18. The predicted molar refractivity (Wildman–Crippen MR) is 73.7 cm³/mol. The third-order valence-corrected chi connectivity index (χ3v) is 2.56. The second kappa shape index (κ2) is 7.13. The lowest BCUT2D eigenvalue weighted by Crippen LogP contribution is -2.20. The van der Waals surface area contributed by atoms with Gasteiger partial charge in [0.25, 0.3) is 0 Å². The van der Waals surface area contributed by atoms with Crippen LogP contribution in [0.4, 0.5) is 0 Å². The molecule has 0 radical (unpaired) electrons. The van der Waals surface area contributed by atoms with E-state index in [-0.39, 0.29) is 0 Å². The molecule has 0 saturated heterocycles. The Kier molecular flexibility index (Phi) is 5.78. The van der Waals surface area contributed by atoms with Crippen molar-refractivity contribution in [3.63, 3.8) is 0 Å². The molecule has 0 aliphatic rings. The van der Waals surface area contributed by atoms with Gasteiger partial charge in [-0.1, -0.05) is 31.2 Å². The minimum absolute atomic E-state index is 0.584. The SMILES string of the molecule is C=C(CNCCC)COc1ccc(C)cc1C. The van der Waals surface area contributed by atoms with Crippen LogP contribution < -0.4 is 10.1 Å². The van der Waals surface area contributed by atoms with Crippen LogP contribution in [0.15, 0.2) is 30.4 Å². The van der Waals surface area contributed by atoms with E-state index < -0.39 is 0 Å². The van der Waals surface area contributed by atoms with Gasteiger partial charge in [0.05, 0.1) is 0 Å². The smallest absolute Gasteiger partial charge is 0.122 e. The van der Waals surface area contributed by atoms with Gasteiger partial charge in [-0.15, -0.1) is 0 Å². The summed E-state index contributed by atoms with van der Waals surface area (Å²) in [5.74, 6) is 0.951. The quantitative estimate of drug-likeness (QED) is 0.576. The zero-order valence-electron chi connectivity index (χ0n) is 11.2. The first-order valence-corrected chi connectivity index (χ1v) is 6.21. The fourth-order valence-corrected chi connectivity index (χ4v) is 1.63. The van der Waals surface area contributed by atoms with E-state index in [1.165, 1.54) is 11.1 Å². The molecule has 0 heterocycles. The minimum atomic E-state index is 0.584. The molecule has 0 spiro atoms. The first-order chi connectivity index (χ1) is 8.13. The van der Waals surface area contributed by atoms with Crippen molar-refractivity contribution >= 4 is 0 Å². The van der Waals surface area contributed by atoms with Gasteiger partial charge in [0.15, 0.2) is 0 Å². The summed E-state index contributed by atoms with van der Waals surface area (Å²) in [6.07, 6.45) is 1.14. The topological polar surface area (TPSA) is 21.3 Å². The summed E-state index contributed by atoms with van der Waals surface area (Å²) in [6.45, 7) is 12.8. The third-order valence-electron chi connectivity index (χ3n) is 2.56. The molecule has 0 unspecified atom stereocenters. The number of hydrogen-bond acceptors (Lipinski definition) is 2. The molecule has 2 heteroatoms. The number of aryl methyl sites for hydroxylation is 2. The molecule has 1 aromatic carbocycles. The van der Waals surface area contributed by atoms with Crippen molar-refractivity contribution in [3.8, 4) is 5.75 Å². The number of rotatable bonds is 7. The maximum atomic E-state index is 5.74. The fourth-order valence-electron chi connectivity index (χ4n) is 1.63. The van der Waals surface area contributed by atoms with Gasteiger partial charge >= 0.3 is 0 Å². The highest BCUT2D eigenvalue weighted by Gasteiger charge is 2.00. The summed E-state index contributed by atoms with van der Waals surface area (Å²) in [4.78, 5) is 0. The van der Waals surface area contributed by atoms with Crippen LogP contribution in [0.25, 0.3) is 0 Å². The Hall–Kier alpha value is -1.28. The molecule has 17 heavy (non-hydrogen) atoms. The van der Waals surface area contributed by atoms with Gasteiger partial charge in [0, 0.05) is 6.54 Å². The normalized spacial score (nSPS) is 10.3. The van der Waals surface area contributed by atoms with Crippen molar-refractivity contribution < 1.29 is 4.74 Å². The van der Waals surface area contributed by atoms with Crippen molar-refractivity contribution in [3.05, 3.63) is 41.5 Å². The Morgan fingerprint density at radius 1 is 1.35 bits per heavy atom. The van der Waals surface area contributed by atoms with Crippen LogP contribution in [-0.2, 0) is 0 Å². The first kappa shape index (κ1) is 13.8. The van der Waals surface area contributed by atoms with E-state index in [2.05, 4.69) is 44.8 Å². The van der Waals surface area contributed by atoms with Crippen molar-refractivity contribution in [2.45, 2.75) is 27.2 Å². The van der Waals surface area contributed by atoms with Crippen molar-refractivity contribution in [2.75, 3.05) is 19.7 Å². The van der Waals surface area contributed by atoms with E-state index in [1.807, 2.05) is 6.07 Å².